The number of nitrogens with one attached hydrogen (secondary N) is 1. The van der Waals surface area contributed by atoms with Crippen LogP contribution in [0.3, 0.4) is 0 Å². The molecule has 1 aromatic heterocycles. The van der Waals surface area contributed by atoms with Crippen LogP contribution in [0.15, 0.2) is 54.6 Å². The molecule has 0 atom stereocenters. The summed E-state index contributed by atoms with van der Waals surface area (Å²) in [7, 11) is 1.64. The van der Waals surface area contributed by atoms with Gasteiger partial charge in [0.05, 0.1) is 12.8 Å². The summed E-state index contributed by atoms with van der Waals surface area (Å²) in [6.45, 7) is 5.58. The number of aromatic nitrogens is 2. The summed E-state index contributed by atoms with van der Waals surface area (Å²) >= 11 is 6.11. The van der Waals surface area contributed by atoms with Gasteiger partial charge in [0, 0.05) is 22.7 Å². The fraction of sp³-hybridized carbons (Fsp3) is 0.407. The van der Waals surface area contributed by atoms with Crippen LogP contribution in [0, 0.1) is 0 Å². The molecule has 186 valence electrons. The molecule has 1 amide bonds. The minimum atomic E-state index is -0.507. The van der Waals surface area contributed by atoms with Crippen molar-refractivity contribution in [3.8, 4) is 28.6 Å². The second-order valence-corrected chi connectivity index (χ2v) is 10.1. The van der Waals surface area contributed by atoms with Gasteiger partial charge in [-0.2, -0.15) is 0 Å². The van der Waals surface area contributed by atoms with Crippen molar-refractivity contribution < 1.29 is 19.0 Å². The normalized spacial score (nSPS) is 18.1. The van der Waals surface area contributed by atoms with Gasteiger partial charge in [-0.05, 0) is 70.7 Å². The van der Waals surface area contributed by atoms with Crippen molar-refractivity contribution in [2.24, 2.45) is 0 Å². The third kappa shape index (κ3) is 6.48. The van der Waals surface area contributed by atoms with Crippen molar-refractivity contribution >= 4 is 17.7 Å². The van der Waals surface area contributed by atoms with Gasteiger partial charge in [0.2, 0.25) is 5.88 Å². The molecule has 0 aliphatic heterocycles. The Morgan fingerprint density at radius 2 is 1.74 bits per heavy atom. The van der Waals surface area contributed by atoms with Crippen molar-refractivity contribution in [2.75, 3.05) is 7.11 Å². The van der Waals surface area contributed by atoms with Gasteiger partial charge in [-0.3, -0.25) is 0 Å². The predicted molar refractivity (Wildman–Crippen MR) is 137 cm³/mol. The first-order valence-corrected chi connectivity index (χ1v) is 12.3. The second-order valence-electron chi connectivity index (χ2n) is 9.70. The van der Waals surface area contributed by atoms with E-state index in [1.54, 1.807) is 7.11 Å². The first-order valence-electron chi connectivity index (χ1n) is 11.9. The van der Waals surface area contributed by atoms with Crippen LogP contribution in [-0.2, 0) is 4.74 Å². The van der Waals surface area contributed by atoms with E-state index < -0.39 is 5.60 Å². The van der Waals surface area contributed by atoms with E-state index in [-0.39, 0.29) is 18.2 Å². The molecule has 8 heteroatoms. The third-order valence-corrected chi connectivity index (χ3v) is 6.07. The number of hydrogen-bond acceptors (Lipinski definition) is 5. The molecule has 0 radical (unpaired) electrons. The smallest absolute Gasteiger partial charge is 0.407 e. The Hall–Kier alpha value is -3.19. The molecule has 0 unspecified atom stereocenters. The van der Waals surface area contributed by atoms with E-state index in [0.29, 0.717) is 16.7 Å². The summed E-state index contributed by atoms with van der Waals surface area (Å²) in [5.74, 6) is 1.26. The Morgan fingerprint density at radius 3 is 2.40 bits per heavy atom. The Kier molecular flexibility index (Phi) is 7.55. The minimum absolute atomic E-state index is 0.0192. The summed E-state index contributed by atoms with van der Waals surface area (Å²) in [5.41, 5.74) is 2.15. The van der Waals surface area contributed by atoms with Gasteiger partial charge in [-0.15, -0.1) is 5.10 Å². The summed E-state index contributed by atoms with van der Waals surface area (Å²) in [6, 6.07) is 17.4. The molecule has 1 saturated carbocycles. The largest absolute Gasteiger partial charge is 0.494 e. The second kappa shape index (κ2) is 10.6. The minimum Gasteiger partial charge on any atom is -0.494 e. The molecule has 4 rings (SSSR count). The fourth-order valence-corrected chi connectivity index (χ4v) is 4.33. The monoisotopic (exact) mass is 497 g/mol. The molecule has 3 aromatic rings. The van der Waals surface area contributed by atoms with E-state index in [9.17, 15) is 4.79 Å². The molecule has 1 aliphatic rings. The maximum Gasteiger partial charge on any atom is 0.407 e. The molecule has 35 heavy (non-hydrogen) atoms. The lowest BCUT2D eigenvalue weighted by Gasteiger charge is -2.29. The van der Waals surface area contributed by atoms with Crippen molar-refractivity contribution in [1.82, 2.24) is 15.1 Å². The summed E-state index contributed by atoms with van der Waals surface area (Å²) in [6.07, 6.45) is 2.93. The van der Waals surface area contributed by atoms with Crippen molar-refractivity contribution in [3.05, 3.63) is 59.6 Å². The highest BCUT2D eigenvalue weighted by Gasteiger charge is 2.27. The molecule has 0 bridgehead atoms. The number of ether oxygens (including phenoxy) is 3. The van der Waals surface area contributed by atoms with E-state index in [4.69, 9.17) is 30.9 Å². The zero-order chi connectivity index (χ0) is 25.0. The highest BCUT2D eigenvalue weighted by Crippen LogP contribution is 2.33. The Labute approximate surface area is 211 Å². The number of methoxy groups -OCH3 is 1. The van der Waals surface area contributed by atoms with E-state index in [1.807, 2.05) is 80.1 Å². The Morgan fingerprint density at radius 1 is 1.06 bits per heavy atom. The Bertz CT molecular complexity index is 1150. The number of amides is 1. The molecule has 1 fully saturated rings. The molecule has 1 aliphatic carbocycles. The van der Waals surface area contributed by atoms with Crippen LogP contribution in [0.25, 0.3) is 16.9 Å². The molecular formula is C27H32ClN3O4. The van der Waals surface area contributed by atoms with Gasteiger partial charge < -0.3 is 19.5 Å². The number of rotatable bonds is 6. The number of alkyl carbamates (subject to hydrolysis) is 1. The number of halogens is 1. The molecule has 7 nitrogen and oxygen atoms in total. The third-order valence-electron chi connectivity index (χ3n) is 5.82. The number of para-hydroxylation sites is 2. The number of benzene rings is 2. The molecule has 2 aromatic carbocycles. The number of carbonyl (C=O) groups excluding carboxylic acids is 1. The van der Waals surface area contributed by atoms with E-state index in [1.165, 1.54) is 0 Å². The van der Waals surface area contributed by atoms with Gasteiger partial charge in [-0.1, -0.05) is 35.9 Å². The van der Waals surface area contributed by atoms with Gasteiger partial charge in [0.15, 0.2) is 0 Å². The van der Waals surface area contributed by atoms with Crippen LogP contribution in [0.1, 0.15) is 46.5 Å². The lowest BCUT2D eigenvalue weighted by molar-refractivity contribution is 0.0469. The van der Waals surface area contributed by atoms with Crippen molar-refractivity contribution in [3.63, 3.8) is 0 Å². The number of carbonyl (C=O) groups is 1. The maximum atomic E-state index is 12.1. The Balaban J connectivity index is 1.49. The summed E-state index contributed by atoms with van der Waals surface area (Å²) < 4.78 is 19.1. The lowest BCUT2D eigenvalue weighted by atomic mass is 9.93. The topological polar surface area (TPSA) is 74.6 Å². The number of hydrogen-bond donors (Lipinski definition) is 1. The van der Waals surface area contributed by atoms with Crippen LogP contribution in [0.5, 0.6) is 11.6 Å². The predicted octanol–water partition coefficient (Wildman–Crippen LogP) is 6.42. The lowest BCUT2D eigenvalue weighted by Crippen LogP contribution is -2.42. The van der Waals surface area contributed by atoms with Crippen LogP contribution < -0.4 is 14.8 Å². The SMILES string of the molecule is COc1ccccc1-n1nc(OC2CCC(NC(=O)OC(C)(C)C)CC2)cc1-c1ccc(Cl)cc1. The first-order chi connectivity index (χ1) is 16.7. The number of nitrogens with zero attached hydrogens (tertiary/aromatic N) is 2. The first kappa shape index (κ1) is 24.9. The average Bonchev–Trinajstić information content (AvgIpc) is 3.23. The fourth-order valence-electron chi connectivity index (χ4n) is 4.20. The van der Waals surface area contributed by atoms with Crippen molar-refractivity contribution in [1.29, 1.82) is 0 Å². The van der Waals surface area contributed by atoms with Crippen LogP contribution in [0.4, 0.5) is 4.79 Å². The zero-order valence-electron chi connectivity index (χ0n) is 20.6. The van der Waals surface area contributed by atoms with Crippen molar-refractivity contribution in [2.45, 2.75) is 64.2 Å². The zero-order valence-corrected chi connectivity index (χ0v) is 21.3. The van der Waals surface area contributed by atoms with E-state index in [0.717, 1.165) is 42.6 Å². The molecule has 0 saturated heterocycles. The van der Waals surface area contributed by atoms with E-state index >= 15 is 0 Å². The van der Waals surface area contributed by atoms with Crippen LogP contribution in [-0.4, -0.2) is 40.7 Å². The molecule has 1 heterocycles. The van der Waals surface area contributed by atoms with Gasteiger partial charge in [0.25, 0.3) is 0 Å². The van der Waals surface area contributed by atoms with Crippen LogP contribution in [0.2, 0.25) is 5.02 Å². The average molecular weight is 498 g/mol. The highest BCUT2D eigenvalue weighted by molar-refractivity contribution is 6.30. The van der Waals surface area contributed by atoms with E-state index in [2.05, 4.69) is 5.32 Å². The molecule has 0 spiro atoms. The van der Waals surface area contributed by atoms with Crippen LogP contribution >= 0.6 is 11.6 Å². The molecule has 1 N–H and O–H groups in total. The summed E-state index contributed by atoms with van der Waals surface area (Å²) in [4.78, 5) is 12.1. The molecular weight excluding hydrogens is 466 g/mol. The highest BCUT2D eigenvalue weighted by atomic mass is 35.5. The van der Waals surface area contributed by atoms with Gasteiger partial charge >= 0.3 is 6.09 Å². The van der Waals surface area contributed by atoms with Gasteiger partial charge in [-0.25, -0.2) is 9.48 Å². The maximum absolute atomic E-state index is 12.1. The standard InChI is InChI=1S/C27H32ClN3O4/c1-27(2,3)35-26(32)29-20-13-15-21(16-14-20)34-25-17-23(18-9-11-19(28)12-10-18)31(30-25)22-7-5-6-8-24(22)33-4/h5-12,17,20-21H,13-16H2,1-4H3,(H,29,32). The summed E-state index contributed by atoms with van der Waals surface area (Å²) in [5, 5.41) is 8.43. The van der Waals surface area contributed by atoms with Gasteiger partial charge in [0.1, 0.15) is 23.1 Å². The quantitative estimate of drug-likeness (QED) is 0.425.